The molecule has 0 spiro atoms. The van der Waals surface area contributed by atoms with E-state index in [2.05, 4.69) is 60.1 Å². The molecule has 0 aliphatic heterocycles. The van der Waals surface area contributed by atoms with Crippen molar-refractivity contribution in [2.45, 2.75) is 40.0 Å². The molecule has 2 aromatic rings. The molecular formula is C15H22N4S. The van der Waals surface area contributed by atoms with Gasteiger partial charge in [0.2, 0.25) is 0 Å². The second kappa shape index (κ2) is 5.79. The van der Waals surface area contributed by atoms with Crippen molar-refractivity contribution in [2.75, 3.05) is 17.2 Å². The molecule has 2 aromatic heterocycles. The van der Waals surface area contributed by atoms with E-state index in [4.69, 9.17) is 4.98 Å². The molecule has 20 heavy (non-hydrogen) atoms. The summed E-state index contributed by atoms with van der Waals surface area (Å²) < 4.78 is 0. The van der Waals surface area contributed by atoms with Gasteiger partial charge in [0.05, 0.1) is 5.69 Å². The standard InChI is InChI=1S/C15H22N4S/c1-6-16-12-10(2)13(17-11-7-8-20-9-11)19-14(18-12)15(3,4)5/h7-9H,6H2,1-5H3,(H2,16,17,18,19). The maximum Gasteiger partial charge on any atom is 0.139 e. The second-order valence-corrected chi connectivity index (χ2v) is 6.57. The van der Waals surface area contributed by atoms with Crippen LogP contribution in [0.2, 0.25) is 0 Å². The summed E-state index contributed by atoms with van der Waals surface area (Å²) in [4.78, 5) is 9.37. The number of hydrogen-bond donors (Lipinski definition) is 2. The van der Waals surface area contributed by atoms with Crippen molar-refractivity contribution in [1.82, 2.24) is 9.97 Å². The van der Waals surface area contributed by atoms with Crippen LogP contribution in [0.3, 0.4) is 0 Å². The lowest BCUT2D eigenvalue weighted by Gasteiger charge is -2.21. The Hall–Kier alpha value is -1.62. The fourth-order valence-electron chi connectivity index (χ4n) is 1.79. The number of aromatic nitrogens is 2. The number of rotatable bonds is 4. The Bertz CT molecular complexity index is 570. The molecule has 2 N–H and O–H groups in total. The van der Waals surface area contributed by atoms with Crippen molar-refractivity contribution < 1.29 is 0 Å². The zero-order valence-corrected chi connectivity index (χ0v) is 13.6. The molecule has 0 aliphatic carbocycles. The smallest absolute Gasteiger partial charge is 0.139 e. The van der Waals surface area contributed by atoms with Crippen LogP contribution in [0.5, 0.6) is 0 Å². The van der Waals surface area contributed by atoms with Gasteiger partial charge in [-0.2, -0.15) is 11.3 Å². The second-order valence-electron chi connectivity index (χ2n) is 5.79. The molecule has 0 radical (unpaired) electrons. The summed E-state index contributed by atoms with van der Waals surface area (Å²) in [5, 5.41) is 10.8. The zero-order valence-electron chi connectivity index (χ0n) is 12.7. The van der Waals surface area contributed by atoms with E-state index < -0.39 is 0 Å². The predicted molar refractivity (Wildman–Crippen MR) is 87.2 cm³/mol. The Labute approximate surface area is 124 Å². The Kier molecular flexibility index (Phi) is 4.28. The number of hydrogen-bond acceptors (Lipinski definition) is 5. The fraction of sp³-hybridized carbons (Fsp3) is 0.467. The molecule has 0 aliphatic rings. The highest BCUT2D eigenvalue weighted by molar-refractivity contribution is 7.08. The molecule has 0 fully saturated rings. The summed E-state index contributed by atoms with van der Waals surface area (Å²) in [5.74, 6) is 2.63. The van der Waals surface area contributed by atoms with Gasteiger partial charge in [-0.15, -0.1) is 0 Å². The highest BCUT2D eigenvalue weighted by atomic mass is 32.1. The lowest BCUT2D eigenvalue weighted by Crippen LogP contribution is -2.19. The minimum atomic E-state index is -0.0804. The van der Waals surface area contributed by atoms with Crippen molar-refractivity contribution in [3.05, 3.63) is 28.2 Å². The van der Waals surface area contributed by atoms with Crippen LogP contribution < -0.4 is 10.6 Å². The molecule has 0 saturated heterocycles. The summed E-state index contributed by atoms with van der Waals surface area (Å²) in [7, 11) is 0. The molecule has 108 valence electrons. The highest BCUT2D eigenvalue weighted by Crippen LogP contribution is 2.28. The zero-order chi connectivity index (χ0) is 14.8. The van der Waals surface area contributed by atoms with Crippen LogP contribution in [0.15, 0.2) is 16.8 Å². The van der Waals surface area contributed by atoms with E-state index in [1.807, 2.05) is 6.92 Å². The van der Waals surface area contributed by atoms with Gasteiger partial charge in [-0.3, -0.25) is 0 Å². The first-order valence-electron chi connectivity index (χ1n) is 6.84. The van der Waals surface area contributed by atoms with E-state index >= 15 is 0 Å². The number of nitrogens with one attached hydrogen (secondary N) is 2. The number of thiophene rings is 1. The van der Waals surface area contributed by atoms with Crippen molar-refractivity contribution in [3.8, 4) is 0 Å². The predicted octanol–water partition coefficient (Wildman–Crippen LogP) is 4.32. The van der Waals surface area contributed by atoms with Crippen LogP contribution in [-0.2, 0) is 5.41 Å². The van der Waals surface area contributed by atoms with Gasteiger partial charge in [-0.05, 0) is 25.3 Å². The van der Waals surface area contributed by atoms with Gasteiger partial charge in [0.25, 0.3) is 0 Å². The van der Waals surface area contributed by atoms with Crippen LogP contribution >= 0.6 is 11.3 Å². The van der Waals surface area contributed by atoms with E-state index in [0.29, 0.717) is 0 Å². The Balaban J connectivity index is 2.45. The molecule has 0 aromatic carbocycles. The van der Waals surface area contributed by atoms with Gasteiger partial charge in [0.1, 0.15) is 17.5 Å². The molecule has 2 rings (SSSR count). The molecule has 4 nitrogen and oxygen atoms in total. The van der Waals surface area contributed by atoms with Crippen molar-refractivity contribution in [1.29, 1.82) is 0 Å². The first-order chi connectivity index (χ1) is 9.41. The third kappa shape index (κ3) is 3.28. The average molecular weight is 290 g/mol. The topological polar surface area (TPSA) is 49.8 Å². The maximum atomic E-state index is 4.70. The summed E-state index contributed by atoms with van der Waals surface area (Å²) in [6, 6.07) is 2.05. The van der Waals surface area contributed by atoms with Gasteiger partial charge >= 0.3 is 0 Å². The molecule has 0 unspecified atom stereocenters. The summed E-state index contributed by atoms with van der Waals surface area (Å²) >= 11 is 1.67. The van der Waals surface area contributed by atoms with Gasteiger partial charge < -0.3 is 10.6 Å². The molecular weight excluding hydrogens is 268 g/mol. The minimum absolute atomic E-state index is 0.0804. The molecule has 5 heteroatoms. The van der Waals surface area contributed by atoms with E-state index in [1.54, 1.807) is 11.3 Å². The summed E-state index contributed by atoms with van der Waals surface area (Å²) in [6.07, 6.45) is 0. The lowest BCUT2D eigenvalue weighted by molar-refractivity contribution is 0.546. The van der Waals surface area contributed by atoms with Gasteiger partial charge in [0, 0.05) is 22.9 Å². The Morgan fingerprint density at radius 3 is 2.45 bits per heavy atom. The van der Waals surface area contributed by atoms with Crippen LogP contribution in [0.25, 0.3) is 0 Å². The van der Waals surface area contributed by atoms with Crippen LogP contribution in [0, 0.1) is 6.92 Å². The first kappa shape index (κ1) is 14.8. The molecule has 0 atom stereocenters. The van der Waals surface area contributed by atoms with Crippen LogP contribution in [0.1, 0.15) is 39.1 Å². The van der Waals surface area contributed by atoms with E-state index in [-0.39, 0.29) is 5.41 Å². The van der Waals surface area contributed by atoms with Gasteiger partial charge in [-0.1, -0.05) is 20.8 Å². The summed E-state index contributed by atoms with van der Waals surface area (Å²) in [6.45, 7) is 11.3. The number of anilines is 3. The van der Waals surface area contributed by atoms with E-state index in [0.717, 1.165) is 35.3 Å². The van der Waals surface area contributed by atoms with Crippen molar-refractivity contribution in [3.63, 3.8) is 0 Å². The van der Waals surface area contributed by atoms with Crippen molar-refractivity contribution >= 4 is 28.7 Å². The highest BCUT2D eigenvalue weighted by Gasteiger charge is 2.21. The lowest BCUT2D eigenvalue weighted by atomic mass is 9.95. The quantitative estimate of drug-likeness (QED) is 0.880. The van der Waals surface area contributed by atoms with E-state index in [1.165, 1.54) is 0 Å². The molecule has 0 amide bonds. The monoisotopic (exact) mass is 290 g/mol. The average Bonchev–Trinajstić information content (AvgIpc) is 2.86. The minimum Gasteiger partial charge on any atom is -0.370 e. The van der Waals surface area contributed by atoms with Crippen LogP contribution in [-0.4, -0.2) is 16.5 Å². The van der Waals surface area contributed by atoms with Crippen molar-refractivity contribution in [2.24, 2.45) is 0 Å². The third-order valence-corrected chi connectivity index (χ3v) is 3.63. The van der Waals surface area contributed by atoms with Gasteiger partial charge in [-0.25, -0.2) is 9.97 Å². The molecule has 0 bridgehead atoms. The normalized spacial score (nSPS) is 11.4. The fourth-order valence-corrected chi connectivity index (χ4v) is 2.37. The number of nitrogens with zero attached hydrogens (tertiary/aromatic N) is 2. The molecule has 0 saturated carbocycles. The maximum absolute atomic E-state index is 4.70. The third-order valence-electron chi connectivity index (χ3n) is 2.94. The SMILES string of the molecule is CCNc1nc(C(C)(C)C)nc(Nc2ccsc2)c1C. The largest absolute Gasteiger partial charge is 0.370 e. The van der Waals surface area contributed by atoms with E-state index in [9.17, 15) is 0 Å². The van der Waals surface area contributed by atoms with Crippen LogP contribution in [0.4, 0.5) is 17.3 Å². The van der Waals surface area contributed by atoms with Gasteiger partial charge in [0.15, 0.2) is 0 Å². The first-order valence-corrected chi connectivity index (χ1v) is 7.78. The Morgan fingerprint density at radius 2 is 1.90 bits per heavy atom. The molecule has 2 heterocycles. The summed E-state index contributed by atoms with van der Waals surface area (Å²) in [5.41, 5.74) is 2.04. The Morgan fingerprint density at radius 1 is 1.20 bits per heavy atom.